The van der Waals surface area contributed by atoms with Gasteiger partial charge >= 0.3 is 0 Å². The molecule has 3 N–H and O–H groups in total. The number of halogens is 1. The Morgan fingerprint density at radius 1 is 1.27 bits per heavy atom. The van der Waals surface area contributed by atoms with E-state index in [1.54, 1.807) is 7.11 Å². The van der Waals surface area contributed by atoms with Gasteiger partial charge in [-0.25, -0.2) is 0 Å². The zero-order chi connectivity index (χ0) is 18.7. The molecule has 1 aliphatic rings. The van der Waals surface area contributed by atoms with Crippen LogP contribution < -0.4 is 15.2 Å². The zero-order valence-corrected chi connectivity index (χ0v) is 15.5. The number of carbonyl (C=O) groups is 1. The fourth-order valence-corrected chi connectivity index (χ4v) is 3.52. The third-order valence-electron chi connectivity index (χ3n) is 4.48. The number of nitrogens with one attached hydrogen (secondary N) is 1. The van der Waals surface area contributed by atoms with E-state index in [4.69, 9.17) is 26.2 Å². The molecular weight excluding hydrogens is 352 g/mol. The minimum absolute atomic E-state index is 0.305. The summed E-state index contributed by atoms with van der Waals surface area (Å²) in [4.78, 5) is 12.5. The van der Waals surface area contributed by atoms with Gasteiger partial charge in [0.25, 0.3) is 0 Å². The maximum Gasteiger partial charge on any atom is 0.153 e. The highest BCUT2D eigenvalue weighted by Crippen LogP contribution is 2.32. The number of benzene rings is 2. The van der Waals surface area contributed by atoms with Crippen molar-refractivity contribution in [3.63, 3.8) is 0 Å². The number of carboxylic acids is 1. The van der Waals surface area contributed by atoms with Crippen LogP contribution in [0.15, 0.2) is 42.5 Å². The summed E-state index contributed by atoms with van der Waals surface area (Å²) in [6.07, 6.45) is 1.08. The first-order valence-corrected chi connectivity index (χ1v) is 8.82. The van der Waals surface area contributed by atoms with Crippen LogP contribution in [0.25, 0.3) is 10.9 Å². The van der Waals surface area contributed by atoms with Crippen LogP contribution in [0, 0.1) is 0 Å². The number of carbonyl (C=O) groups excluding carboxylic acids is 1. The van der Waals surface area contributed by atoms with Crippen molar-refractivity contribution in [2.45, 2.75) is 19.4 Å². The number of quaternary nitrogens is 1. The Morgan fingerprint density at radius 3 is 2.62 bits per heavy atom. The molecule has 2 heterocycles. The number of aliphatic carboxylic acids is 1. The minimum atomic E-state index is -1.08. The lowest BCUT2D eigenvalue weighted by molar-refractivity contribution is -0.690. The lowest BCUT2D eigenvalue weighted by Gasteiger charge is -2.21. The van der Waals surface area contributed by atoms with Crippen LogP contribution in [-0.4, -0.2) is 24.6 Å². The Labute approximate surface area is 156 Å². The quantitative estimate of drug-likeness (QED) is 0.719. The number of carboxylic acid groups (broad SMARTS) is 1. The first-order valence-electron chi connectivity index (χ1n) is 8.44. The van der Waals surface area contributed by atoms with Gasteiger partial charge in [-0.2, -0.15) is 0 Å². The summed E-state index contributed by atoms with van der Waals surface area (Å²) in [5.41, 5.74) is 5.18. The number of methoxy groups -OCH3 is 1. The van der Waals surface area contributed by atoms with Gasteiger partial charge in [0.15, 0.2) is 6.04 Å². The average molecular weight is 373 g/mol. The van der Waals surface area contributed by atoms with Crippen molar-refractivity contribution in [3.8, 4) is 5.75 Å². The second-order valence-corrected chi connectivity index (χ2v) is 6.66. The molecule has 0 radical (unpaired) electrons. The molecule has 3 aromatic rings. The van der Waals surface area contributed by atoms with Gasteiger partial charge in [0.05, 0.1) is 19.3 Å². The van der Waals surface area contributed by atoms with Crippen LogP contribution in [0.3, 0.4) is 0 Å². The molecular formula is C20H21ClN2O3. The summed E-state index contributed by atoms with van der Waals surface area (Å²) >= 11 is 6.02. The second kappa shape index (κ2) is 7.81. The van der Waals surface area contributed by atoms with Crippen LogP contribution in [-0.2, 0) is 11.2 Å². The Morgan fingerprint density at radius 2 is 1.96 bits per heavy atom. The number of hydrogen-bond acceptors (Lipinski definition) is 3. The summed E-state index contributed by atoms with van der Waals surface area (Å²) in [5.74, 6) is -0.174. The van der Waals surface area contributed by atoms with Crippen molar-refractivity contribution in [1.29, 1.82) is 0 Å². The second-order valence-electron chi connectivity index (χ2n) is 6.22. The Balaban J connectivity index is 0.000000447. The van der Waals surface area contributed by atoms with Crippen LogP contribution in [0.1, 0.15) is 29.8 Å². The maximum absolute atomic E-state index is 8.89. The average Bonchev–Trinajstić information content (AvgIpc) is 3.00. The van der Waals surface area contributed by atoms with Crippen molar-refractivity contribution in [1.82, 2.24) is 4.98 Å². The molecule has 0 aliphatic carbocycles. The van der Waals surface area contributed by atoms with Gasteiger partial charge in [0.2, 0.25) is 0 Å². The van der Waals surface area contributed by atoms with Gasteiger partial charge in [-0.1, -0.05) is 23.7 Å². The number of aromatic amines is 1. The largest absolute Gasteiger partial charge is 0.550 e. The molecule has 6 heteroatoms. The number of H-pyrrole nitrogens is 1. The van der Waals surface area contributed by atoms with Crippen LogP contribution in [0.2, 0.25) is 5.02 Å². The highest BCUT2D eigenvalue weighted by molar-refractivity contribution is 6.30. The molecule has 136 valence electrons. The molecule has 1 unspecified atom stereocenters. The van der Waals surface area contributed by atoms with Crippen molar-refractivity contribution < 1.29 is 20.0 Å². The molecule has 0 amide bonds. The summed E-state index contributed by atoms with van der Waals surface area (Å²) in [5, 5.41) is 13.3. The summed E-state index contributed by atoms with van der Waals surface area (Å²) in [6.45, 7) is 2.06. The lowest BCUT2D eigenvalue weighted by Crippen LogP contribution is -2.87. The molecule has 5 nitrogen and oxygen atoms in total. The van der Waals surface area contributed by atoms with Crippen LogP contribution >= 0.6 is 11.6 Å². The van der Waals surface area contributed by atoms with Gasteiger partial charge < -0.3 is 24.9 Å². The highest BCUT2D eigenvalue weighted by atomic mass is 35.5. The summed E-state index contributed by atoms with van der Waals surface area (Å²) in [6, 6.07) is 14.7. The predicted octanol–water partition coefficient (Wildman–Crippen LogP) is 1.79. The Kier molecular flexibility index (Phi) is 5.49. The predicted molar refractivity (Wildman–Crippen MR) is 99.3 cm³/mol. The van der Waals surface area contributed by atoms with Gasteiger partial charge in [0, 0.05) is 33.9 Å². The molecule has 1 aliphatic heterocycles. The van der Waals surface area contributed by atoms with E-state index in [1.165, 1.54) is 27.7 Å². The zero-order valence-electron chi connectivity index (χ0n) is 14.7. The van der Waals surface area contributed by atoms with E-state index in [0.717, 1.165) is 30.7 Å². The fourth-order valence-electron chi connectivity index (χ4n) is 3.39. The SMILES string of the molecule is CC(=O)[O-].COc1ccc2[nH]c3c(c2c1)CC[NH2+]C3c1ccc(Cl)cc1. The monoisotopic (exact) mass is 372 g/mol. The Hall–Kier alpha value is -2.50. The van der Waals surface area contributed by atoms with Crippen LogP contribution in [0.5, 0.6) is 5.75 Å². The minimum Gasteiger partial charge on any atom is -0.550 e. The van der Waals surface area contributed by atoms with E-state index in [-0.39, 0.29) is 0 Å². The van der Waals surface area contributed by atoms with E-state index in [0.29, 0.717) is 6.04 Å². The van der Waals surface area contributed by atoms with E-state index in [2.05, 4.69) is 34.6 Å². The third-order valence-corrected chi connectivity index (χ3v) is 4.74. The molecule has 2 aromatic carbocycles. The number of fused-ring (bicyclic) bond motifs is 3. The number of nitrogens with two attached hydrogens (primary N) is 1. The molecule has 0 saturated heterocycles. The highest BCUT2D eigenvalue weighted by Gasteiger charge is 2.28. The van der Waals surface area contributed by atoms with Crippen molar-refractivity contribution >= 4 is 28.5 Å². The van der Waals surface area contributed by atoms with Crippen molar-refractivity contribution in [2.75, 3.05) is 13.7 Å². The lowest BCUT2D eigenvalue weighted by atomic mass is 9.94. The Bertz CT molecular complexity index is 915. The topological polar surface area (TPSA) is 81.8 Å². The fraction of sp³-hybridized carbons (Fsp3) is 0.250. The van der Waals surface area contributed by atoms with Gasteiger partial charge in [0.1, 0.15) is 5.75 Å². The summed E-state index contributed by atoms with van der Waals surface area (Å²) < 4.78 is 5.37. The van der Waals surface area contributed by atoms with E-state index in [9.17, 15) is 0 Å². The van der Waals surface area contributed by atoms with Gasteiger partial charge in [-0.15, -0.1) is 0 Å². The number of ether oxygens (including phenoxy) is 1. The normalized spacial score (nSPS) is 15.7. The number of hydrogen-bond donors (Lipinski definition) is 2. The molecule has 0 bridgehead atoms. The van der Waals surface area contributed by atoms with Gasteiger partial charge in [-0.05, 0) is 42.8 Å². The van der Waals surface area contributed by atoms with Crippen molar-refractivity contribution in [2.24, 2.45) is 0 Å². The maximum atomic E-state index is 8.89. The smallest absolute Gasteiger partial charge is 0.153 e. The van der Waals surface area contributed by atoms with E-state index >= 15 is 0 Å². The van der Waals surface area contributed by atoms with E-state index in [1.807, 2.05) is 18.2 Å². The molecule has 26 heavy (non-hydrogen) atoms. The first kappa shape index (κ1) is 18.3. The molecule has 1 aromatic heterocycles. The number of aromatic nitrogens is 1. The number of rotatable bonds is 2. The molecule has 4 rings (SSSR count). The van der Waals surface area contributed by atoms with Crippen LogP contribution in [0.4, 0.5) is 0 Å². The van der Waals surface area contributed by atoms with Gasteiger partial charge in [-0.3, -0.25) is 0 Å². The van der Waals surface area contributed by atoms with E-state index < -0.39 is 5.97 Å². The third kappa shape index (κ3) is 3.84. The van der Waals surface area contributed by atoms with Crippen molar-refractivity contribution in [3.05, 3.63) is 64.3 Å². The molecule has 1 atom stereocenters. The first-order chi connectivity index (χ1) is 12.5. The standard InChI is InChI=1S/C18H17ClN2O.C2H4O2/c1-22-13-6-7-16-15(10-13)14-8-9-20-17(18(14)21-16)11-2-4-12(19)5-3-11;1-2(3)4/h2-7,10,17,20-21H,8-9H2,1H3;1H3,(H,3,4). The molecule has 0 fully saturated rings. The summed E-state index contributed by atoms with van der Waals surface area (Å²) in [7, 11) is 1.71. The molecule has 0 saturated carbocycles. The molecule has 0 spiro atoms.